The monoisotopic (exact) mass is 432 g/mol. The molecule has 164 valence electrons. The lowest BCUT2D eigenvalue weighted by Gasteiger charge is -2.15. The van der Waals surface area contributed by atoms with Gasteiger partial charge in [-0.15, -0.1) is 0 Å². The van der Waals surface area contributed by atoms with E-state index >= 15 is 0 Å². The zero-order valence-corrected chi connectivity index (χ0v) is 17.8. The van der Waals surface area contributed by atoms with Crippen LogP contribution in [0.4, 0.5) is 5.69 Å². The maximum absolute atomic E-state index is 12.5. The van der Waals surface area contributed by atoms with Gasteiger partial charge >= 0.3 is 0 Å². The minimum atomic E-state index is -0.549. The molecule has 0 radical (unpaired) electrons. The Balaban J connectivity index is 1.41. The average Bonchev–Trinajstić information content (AvgIpc) is 3.52. The molecular formula is C24H24N4O4. The third-order valence-electron chi connectivity index (χ3n) is 5.29. The van der Waals surface area contributed by atoms with Crippen LogP contribution >= 0.6 is 0 Å². The van der Waals surface area contributed by atoms with Gasteiger partial charge in [-0.25, -0.2) is 4.98 Å². The van der Waals surface area contributed by atoms with E-state index in [1.165, 1.54) is 0 Å². The number of aromatic nitrogens is 1. The van der Waals surface area contributed by atoms with Gasteiger partial charge in [0.05, 0.1) is 0 Å². The number of carbonyl (C=O) groups is 3. The second-order valence-electron chi connectivity index (χ2n) is 7.76. The summed E-state index contributed by atoms with van der Waals surface area (Å²) >= 11 is 0. The van der Waals surface area contributed by atoms with Gasteiger partial charge < -0.3 is 20.4 Å². The molecule has 3 aromatic rings. The fourth-order valence-corrected chi connectivity index (χ4v) is 3.39. The maximum Gasteiger partial charge on any atom is 0.287 e. The summed E-state index contributed by atoms with van der Waals surface area (Å²) in [5.41, 5.74) is 2.48. The highest BCUT2D eigenvalue weighted by Crippen LogP contribution is 2.33. The van der Waals surface area contributed by atoms with Crippen molar-refractivity contribution < 1.29 is 18.8 Å². The van der Waals surface area contributed by atoms with Crippen molar-refractivity contribution in [2.45, 2.75) is 25.8 Å². The van der Waals surface area contributed by atoms with Gasteiger partial charge in [-0.3, -0.25) is 14.4 Å². The molecule has 3 amide bonds. The highest BCUT2D eigenvalue weighted by atomic mass is 16.4. The fraction of sp³-hybridized carbons (Fsp3) is 0.250. The van der Waals surface area contributed by atoms with E-state index in [4.69, 9.17) is 4.42 Å². The number of likely N-dealkylation sites (N-methyl/N-ethyl adjacent to an activating group) is 1. The van der Waals surface area contributed by atoms with E-state index in [-0.39, 0.29) is 23.5 Å². The second-order valence-corrected chi connectivity index (χ2v) is 7.76. The molecule has 8 heteroatoms. The smallest absolute Gasteiger partial charge is 0.287 e. The summed E-state index contributed by atoms with van der Waals surface area (Å²) < 4.78 is 5.71. The first-order valence-corrected chi connectivity index (χ1v) is 10.4. The number of hydrogen-bond acceptors (Lipinski definition) is 5. The maximum atomic E-state index is 12.5. The molecule has 0 aliphatic heterocycles. The lowest BCUT2D eigenvalue weighted by atomic mass is 10.1. The Bertz CT molecular complexity index is 1150. The molecule has 4 rings (SSSR count). The van der Waals surface area contributed by atoms with E-state index in [0.717, 1.165) is 24.1 Å². The molecule has 1 aliphatic rings. The van der Waals surface area contributed by atoms with Gasteiger partial charge in [-0.2, -0.15) is 0 Å². The molecule has 1 saturated carbocycles. The normalized spacial score (nSPS) is 13.8. The quantitative estimate of drug-likeness (QED) is 0.531. The molecule has 32 heavy (non-hydrogen) atoms. The molecule has 0 bridgehead atoms. The Labute approximate surface area is 185 Å². The first kappa shape index (κ1) is 21.3. The molecular weight excluding hydrogens is 408 g/mol. The third-order valence-corrected chi connectivity index (χ3v) is 5.29. The van der Waals surface area contributed by atoms with Crippen LogP contribution in [0.3, 0.4) is 0 Å². The first-order chi connectivity index (χ1) is 15.4. The van der Waals surface area contributed by atoms with Gasteiger partial charge in [0.1, 0.15) is 17.5 Å². The van der Waals surface area contributed by atoms with Crippen LogP contribution in [0.15, 0.2) is 59.0 Å². The van der Waals surface area contributed by atoms with Crippen molar-refractivity contribution in [3.8, 4) is 11.3 Å². The van der Waals surface area contributed by atoms with E-state index in [9.17, 15) is 14.4 Å². The molecule has 1 unspecified atom stereocenters. The Hall–Kier alpha value is -3.94. The number of rotatable bonds is 7. The Morgan fingerprint density at radius 1 is 1.00 bits per heavy atom. The van der Waals surface area contributed by atoms with Crippen LogP contribution in [0.25, 0.3) is 11.3 Å². The van der Waals surface area contributed by atoms with Crippen molar-refractivity contribution >= 4 is 23.4 Å². The van der Waals surface area contributed by atoms with Crippen LogP contribution in [-0.4, -0.2) is 35.8 Å². The average molecular weight is 432 g/mol. The standard InChI is InChI=1S/C24H24N4O4/c1-14-4-3-5-18(26-14)22(29)27-17-10-8-15(9-11-17)19-12-13-20(32-19)23(30)28-21(16-6-7-16)24(31)25-2/h3-5,8-13,16,21H,6-7H2,1-2H3,(H,25,31)(H,27,29)(H,28,30). The number of nitrogens with zero attached hydrogens (tertiary/aromatic N) is 1. The van der Waals surface area contributed by atoms with Gasteiger partial charge in [0.2, 0.25) is 5.91 Å². The summed E-state index contributed by atoms with van der Waals surface area (Å²) in [5.74, 6) is -0.100. The molecule has 0 spiro atoms. The van der Waals surface area contributed by atoms with Crippen LogP contribution in [0.5, 0.6) is 0 Å². The lowest BCUT2D eigenvalue weighted by molar-refractivity contribution is -0.122. The SMILES string of the molecule is CNC(=O)C(NC(=O)c1ccc(-c2ccc(NC(=O)c3cccc(C)n3)cc2)o1)C1CC1. The molecule has 1 fully saturated rings. The number of amides is 3. The highest BCUT2D eigenvalue weighted by molar-refractivity contribution is 6.03. The van der Waals surface area contributed by atoms with Crippen LogP contribution in [0.2, 0.25) is 0 Å². The minimum absolute atomic E-state index is 0.137. The first-order valence-electron chi connectivity index (χ1n) is 10.4. The number of aryl methyl sites for hydroxylation is 1. The summed E-state index contributed by atoms with van der Waals surface area (Å²) in [6, 6.07) is 15.1. The summed E-state index contributed by atoms with van der Waals surface area (Å²) in [5, 5.41) is 8.16. The number of hydrogen-bond donors (Lipinski definition) is 3. The van der Waals surface area contributed by atoms with Crippen LogP contribution in [0, 0.1) is 12.8 Å². The molecule has 0 saturated heterocycles. The van der Waals surface area contributed by atoms with E-state index in [1.54, 1.807) is 55.6 Å². The van der Waals surface area contributed by atoms with Crippen molar-refractivity contribution in [2.75, 3.05) is 12.4 Å². The van der Waals surface area contributed by atoms with E-state index in [1.807, 2.05) is 13.0 Å². The zero-order valence-electron chi connectivity index (χ0n) is 17.8. The number of carbonyl (C=O) groups excluding carboxylic acids is 3. The van der Waals surface area contributed by atoms with Crippen LogP contribution in [-0.2, 0) is 4.79 Å². The second kappa shape index (κ2) is 9.05. The Kier molecular flexibility index (Phi) is 6.02. The van der Waals surface area contributed by atoms with Gasteiger partial charge in [0.25, 0.3) is 11.8 Å². The minimum Gasteiger partial charge on any atom is -0.451 e. The molecule has 2 heterocycles. The topological polar surface area (TPSA) is 113 Å². The summed E-state index contributed by atoms with van der Waals surface area (Å²) in [6.07, 6.45) is 1.84. The predicted octanol–water partition coefficient (Wildman–Crippen LogP) is 3.16. The molecule has 8 nitrogen and oxygen atoms in total. The number of furan rings is 1. The van der Waals surface area contributed by atoms with E-state index in [2.05, 4.69) is 20.9 Å². The summed E-state index contributed by atoms with van der Waals surface area (Å²) in [6.45, 7) is 1.83. The highest BCUT2D eigenvalue weighted by Gasteiger charge is 2.37. The van der Waals surface area contributed by atoms with Gasteiger partial charge in [-0.05, 0) is 74.2 Å². The van der Waals surface area contributed by atoms with Crippen molar-refractivity contribution in [3.05, 3.63) is 71.7 Å². The Morgan fingerprint density at radius 2 is 1.75 bits per heavy atom. The molecule has 3 N–H and O–H groups in total. The number of anilines is 1. The van der Waals surface area contributed by atoms with Crippen molar-refractivity contribution in [2.24, 2.45) is 5.92 Å². The predicted molar refractivity (Wildman–Crippen MR) is 119 cm³/mol. The van der Waals surface area contributed by atoms with Crippen molar-refractivity contribution in [1.82, 2.24) is 15.6 Å². The molecule has 2 aromatic heterocycles. The third kappa shape index (κ3) is 4.85. The zero-order chi connectivity index (χ0) is 22.7. The lowest BCUT2D eigenvalue weighted by Crippen LogP contribution is -2.47. The molecule has 1 aliphatic carbocycles. The van der Waals surface area contributed by atoms with E-state index in [0.29, 0.717) is 17.1 Å². The summed E-state index contributed by atoms with van der Waals surface area (Å²) in [7, 11) is 1.55. The van der Waals surface area contributed by atoms with Crippen molar-refractivity contribution in [1.29, 1.82) is 0 Å². The fourth-order valence-electron chi connectivity index (χ4n) is 3.39. The van der Waals surface area contributed by atoms with Crippen molar-refractivity contribution in [3.63, 3.8) is 0 Å². The number of nitrogens with one attached hydrogen (secondary N) is 3. The Morgan fingerprint density at radius 3 is 2.41 bits per heavy atom. The van der Waals surface area contributed by atoms with Crippen LogP contribution in [0.1, 0.15) is 39.6 Å². The van der Waals surface area contributed by atoms with Gasteiger partial charge in [0.15, 0.2) is 5.76 Å². The number of benzene rings is 1. The molecule has 1 aromatic carbocycles. The number of pyridine rings is 1. The van der Waals surface area contributed by atoms with E-state index < -0.39 is 11.9 Å². The largest absolute Gasteiger partial charge is 0.451 e. The van der Waals surface area contributed by atoms with Gasteiger partial charge in [0, 0.05) is 24.0 Å². The molecule has 1 atom stereocenters. The van der Waals surface area contributed by atoms with Gasteiger partial charge in [-0.1, -0.05) is 6.07 Å². The summed E-state index contributed by atoms with van der Waals surface area (Å²) in [4.78, 5) is 41.1. The van der Waals surface area contributed by atoms with Crippen LogP contribution < -0.4 is 16.0 Å².